The smallest absolute Gasteiger partial charge is 0.146 e. The largest absolute Gasteiger partial charge is 0.355 e. The highest BCUT2D eigenvalue weighted by Crippen LogP contribution is 2.31. The fraction of sp³-hybridized carbons (Fsp3) is 0.636. The summed E-state index contributed by atoms with van der Waals surface area (Å²) in [6, 6.07) is 0. The molecule has 0 N–H and O–H groups in total. The van der Waals surface area contributed by atoms with E-state index >= 15 is 0 Å². The van der Waals surface area contributed by atoms with Crippen molar-refractivity contribution in [3.05, 3.63) is 24.8 Å². The Hall–Kier alpha value is -0.600. The van der Waals surface area contributed by atoms with E-state index in [2.05, 4.69) is 18.7 Å². The van der Waals surface area contributed by atoms with Gasteiger partial charge in [-0.25, -0.2) is 0 Å². The SMILES string of the molecule is C=CCC1(CC=CC)COCOC1. The Morgan fingerprint density at radius 1 is 1.31 bits per heavy atom. The summed E-state index contributed by atoms with van der Waals surface area (Å²) in [5.41, 5.74) is 0.131. The van der Waals surface area contributed by atoms with Gasteiger partial charge >= 0.3 is 0 Å². The van der Waals surface area contributed by atoms with E-state index in [9.17, 15) is 0 Å². The summed E-state index contributed by atoms with van der Waals surface area (Å²) in [4.78, 5) is 0. The second-order valence-corrected chi connectivity index (χ2v) is 3.58. The molecule has 1 aliphatic rings. The maximum absolute atomic E-state index is 5.33. The minimum Gasteiger partial charge on any atom is -0.355 e. The average molecular weight is 182 g/mol. The normalized spacial score (nSPS) is 21.9. The highest BCUT2D eigenvalue weighted by Gasteiger charge is 2.31. The molecule has 0 radical (unpaired) electrons. The topological polar surface area (TPSA) is 18.5 Å². The zero-order chi connectivity index (χ0) is 9.57. The minimum atomic E-state index is 0.131. The zero-order valence-corrected chi connectivity index (χ0v) is 8.29. The van der Waals surface area contributed by atoms with Gasteiger partial charge in [0.25, 0.3) is 0 Å². The van der Waals surface area contributed by atoms with E-state index in [0.29, 0.717) is 6.79 Å². The van der Waals surface area contributed by atoms with Crippen molar-refractivity contribution >= 4 is 0 Å². The van der Waals surface area contributed by atoms with Crippen LogP contribution in [0.3, 0.4) is 0 Å². The van der Waals surface area contributed by atoms with E-state index in [-0.39, 0.29) is 5.41 Å². The van der Waals surface area contributed by atoms with Gasteiger partial charge in [0.1, 0.15) is 6.79 Å². The van der Waals surface area contributed by atoms with Gasteiger partial charge in [-0.1, -0.05) is 18.2 Å². The van der Waals surface area contributed by atoms with Crippen LogP contribution in [0.15, 0.2) is 24.8 Å². The van der Waals surface area contributed by atoms with Crippen molar-refractivity contribution in [1.29, 1.82) is 0 Å². The van der Waals surface area contributed by atoms with Crippen molar-refractivity contribution in [2.75, 3.05) is 20.0 Å². The van der Waals surface area contributed by atoms with Crippen LogP contribution in [0, 0.1) is 5.41 Å². The highest BCUT2D eigenvalue weighted by atomic mass is 16.7. The Labute approximate surface area is 80.2 Å². The Bertz CT molecular complexity index is 179. The molecule has 0 saturated carbocycles. The predicted octanol–water partition coefficient (Wildman–Crippen LogP) is 2.52. The third kappa shape index (κ3) is 2.98. The van der Waals surface area contributed by atoms with E-state index in [1.54, 1.807) is 0 Å². The maximum atomic E-state index is 5.33. The third-order valence-electron chi connectivity index (χ3n) is 2.35. The molecule has 0 aromatic heterocycles. The summed E-state index contributed by atoms with van der Waals surface area (Å²) in [6.07, 6.45) is 8.15. The van der Waals surface area contributed by atoms with Crippen LogP contribution < -0.4 is 0 Å². The number of ether oxygens (including phenoxy) is 2. The van der Waals surface area contributed by atoms with Crippen LogP contribution in [0.2, 0.25) is 0 Å². The number of rotatable bonds is 4. The van der Waals surface area contributed by atoms with Gasteiger partial charge in [0.2, 0.25) is 0 Å². The lowest BCUT2D eigenvalue weighted by atomic mass is 9.82. The zero-order valence-electron chi connectivity index (χ0n) is 8.29. The van der Waals surface area contributed by atoms with Gasteiger partial charge in [0.15, 0.2) is 0 Å². The van der Waals surface area contributed by atoms with E-state index in [0.717, 1.165) is 26.1 Å². The first-order valence-corrected chi connectivity index (χ1v) is 4.70. The molecule has 2 heteroatoms. The van der Waals surface area contributed by atoms with Gasteiger partial charge in [0.05, 0.1) is 13.2 Å². The molecule has 0 atom stereocenters. The van der Waals surface area contributed by atoms with Gasteiger partial charge < -0.3 is 9.47 Å². The fourth-order valence-corrected chi connectivity index (χ4v) is 1.61. The lowest BCUT2D eigenvalue weighted by molar-refractivity contribution is -0.162. The van der Waals surface area contributed by atoms with Gasteiger partial charge in [-0.15, -0.1) is 6.58 Å². The minimum absolute atomic E-state index is 0.131. The molecule has 0 aliphatic carbocycles. The second kappa shape index (κ2) is 5.20. The molecule has 74 valence electrons. The molecule has 0 bridgehead atoms. The summed E-state index contributed by atoms with van der Waals surface area (Å²) in [5.74, 6) is 0. The molecule has 0 aromatic rings. The molecule has 1 fully saturated rings. The van der Waals surface area contributed by atoms with Crippen molar-refractivity contribution in [2.45, 2.75) is 19.8 Å². The van der Waals surface area contributed by atoms with Gasteiger partial charge in [-0.2, -0.15) is 0 Å². The van der Waals surface area contributed by atoms with Gasteiger partial charge in [-0.3, -0.25) is 0 Å². The molecule has 1 rings (SSSR count). The van der Waals surface area contributed by atoms with Crippen molar-refractivity contribution in [3.8, 4) is 0 Å². The number of hydrogen-bond acceptors (Lipinski definition) is 2. The summed E-state index contributed by atoms with van der Waals surface area (Å²) in [7, 11) is 0. The van der Waals surface area contributed by atoms with E-state index in [4.69, 9.17) is 9.47 Å². The van der Waals surface area contributed by atoms with Crippen LogP contribution >= 0.6 is 0 Å². The van der Waals surface area contributed by atoms with Crippen LogP contribution in [0.4, 0.5) is 0 Å². The van der Waals surface area contributed by atoms with Crippen LogP contribution in [-0.2, 0) is 9.47 Å². The van der Waals surface area contributed by atoms with E-state index in [1.165, 1.54) is 0 Å². The molecule has 0 amide bonds. The predicted molar refractivity (Wildman–Crippen MR) is 53.4 cm³/mol. The molecule has 0 aromatic carbocycles. The van der Waals surface area contributed by atoms with Crippen LogP contribution in [0.1, 0.15) is 19.8 Å². The van der Waals surface area contributed by atoms with Crippen molar-refractivity contribution in [2.24, 2.45) is 5.41 Å². The Morgan fingerprint density at radius 2 is 2.00 bits per heavy atom. The standard InChI is InChI=1S/C11H18O2/c1-3-5-7-11(6-4-2)8-12-10-13-9-11/h3-5H,2,6-10H2,1H3. The lowest BCUT2D eigenvalue weighted by Gasteiger charge is -2.35. The molecule has 13 heavy (non-hydrogen) atoms. The van der Waals surface area contributed by atoms with Crippen LogP contribution in [-0.4, -0.2) is 20.0 Å². The van der Waals surface area contributed by atoms with Crippen molar-refractivity contribution in [3.63, 3.8) is 0 Å². The number of hydrogen-bond donors (Lipinski definition) is 0. The Balaban J connectivity index is 2.54. The fourth-order valence-electron chi connectivity index (χ4n) is 1.61. The van der Waals surface area contributed by atoms with Crippen molar-refractivity contribution in [1.82, 2.24) is 0 Å². The summed E-state index contributed by atoms with van der Waals surface area (Å²) in [6.45, 7) is 7.81. The molecule has 0 spiro atoms. The molecule has 2 nitrogen and oxygen atoms in total. The Morgan fingerprint density at radius 3 is 2.54 bits per heavy atom. The van der Waals surface area contributed by atoms with Gasteiger partial charge in [0, 0.05) is 5.41 Å². The first-order chi connectivity index (χ1) is 6.33. The molecule has 1 aliphatic heterocycles. The lowest BCUT2D eigenvalue weighted by Crippen LogP contribution is -2.36. The maximum Gasteiger partial charge on any atom is 0.146 e. The summed E-state index contributed by atoms with van der Waals surface area (Å²) in [5, 5.41) is 0. The summed E-state index contributed by atoms with van der Waals surface area (Å²) >= 11 is 0. The van der Waals surface area contributed by atoms with Crippen molar-refractivity contribution < 1.29 is 9.47 Å². The first kappa shape index (κ1) is 10.5. The monoisotopic (exact) mass is 182 g/mol. The molecule has 0 unspecified atom stereocenters. The van der Waals surface area contributed by atoms with Gasteiger partial charge in [-0.05, 0) is 19.8 Å². The third-order valence-corrected chi connectivity index (χ3v) is 2.35. The first-order valence-electron chi connectivity index (χ1n) is 4.70. The Kier molecular flexibility index (Phi) is 4.19. The average Bonchev–Trinajstić information content (AvgIpc) is 2.17. The molecular weight excluding hydrogens is 164 g/mol. The van der Waals surface area contributed by atoms with E-state index in [1.807, 2.05) is 13.0 Å². The van der Waals surface area contributed by atoms with Crippen LogP contribution in [0.5, 0.6) is 0 Å². The van der Waals surface area contributed by atoms with E-state index < -0.39 is 0 Å². The van der Waals surface area contributed by atoms with Crippen LogP contribution in [0.25, 0.3) is 0 Å². The quantitative estimate of drug-likeness (QED) is 0.622. The molecule has 1 heterocycles. The summed E-state index contributed by atoms with van der Waals surface area (Å²) < 4.78 is 10.7. The molecule has 1 saturated heterocycles. The highest BCUT2D eigenvalue weighted by molar-refractivity contribution is 4.94. The molecular formula is C11H18O2. The number of allylic oxidation sites excluding steroid dienone is 3. The second-order valence-electron chi connectivity index (χ2n) is 3.58.